The van der Waals surface area contributed by atoms with E-state index in [4.69, 9.17) is 4.52 Å². The molecule has 1 aromatic heterocycles. The molecule has 0 bridgehead atoms. The van der Waals surface area contributed by atoms with Crippen LogP contribution in [0.25, 0.3) is 11.4 Å². The van der Waals surface area contributed by atoms with Crippen molar-refractivity contribution in [3.63, 3.8) is 0 Å². The van der Waals surface area contributed by atoms with E-state index in [1.54, 1.807) is 0 Å². The number of aromatic nitrogens is 2. The molecule has 1 aliphatic heterocycles. The van der Waals surface area contributed by atoms with Crippen LogP contribution in [0.15, 0.2) is 57.5 Å². The first-order valence-electron chi connectivity index (χ1n) is 9.91. The van der Waals surface area contributed by atoms with Gasteiger partial charge in [-0.05, 0) is 61.4 Å². The van der Waals surface area contributed by atoms with Gasteiger partial charge in [0.15, 0.2) is 0 Å². The molecule has 0 radical (unpaired) electrons. The van der Waals surface area contributed by atoms with Crippen LogP contribution in [-0.2, 0) is 0 Å². The lowest BCUT2D eigenvalue weighted by Crippen LogP contribution is -2.48. The molecule has 2 aliphatic rings. The third kappa shape index (κ3) is 3.92. The van der Waals surface area contributed by atoms with E-state index in [0.29, 0.717) is 24.8 Å². The maximum atomic E-state index is 12.7. The lowest BCUT2D eigenvalue weighted by Gasteiger charge is -2.36. The summed E-state index contributed by atoms with van der Waals surface area (Å²) in [5.41, 5.74) is 2.85. The quantitative estimate of drug-likeness (QED) is 0.588. The maximum Gasteiger partial charge on any atom is 0.253 e. The summed E-state index contributed by atoms with van der Waals surface area (Å²) in [6.45, 7) is 3.06. The van der Waals surface area contributed by atoms with Gasteiger partial charge >= 0.3 is 0 Å². The Morgan fingerprint density at radius 1 is 0.966 bits per heavy atom. The highest BCUT2D eigenvalue weighted by molar-refractivity contribution is 9.10. The molecular formula is C22H21BrN4O2. The fourth-order valence-electron chi connectivity index (χ4n) is 3.61. The minimum absolute atomic E-state index is 0.0936. The van der Waals surface area contributed by atoms with Gasteiger partial charge in [0.05, 0.1) is 0 Å². The third-order valence-corrected chi connectivity index (χ3v) is 6.05. The minimum atomic E-state index is 0.0936. The van der Waals surface area contributed by atoms with Crippen LogP contribution in [0.5, 0.6) is 0 Å². The van der Waals surface area contributed by atoms with Crippen molar-refractivity contribution in [2.24, 2.45) is 0 Å². The molecule has 7 heteroatoms. The summed E-state index contributed by atoms with van der Waals surface area (Å²) in [5.74, 6) is 1.97. The third-order valence-electron chi connectivity index (χ3n) is 5.52. The molecule has 0 unspecified atom stereocenters. The fourth-order valence-corrected chi connectivity index (χ4v) is 3.88. The summed E-state index contributed by atoms with van der Waals surface area (Å²) >= 11 is 3.41. The van der Waals surface area contributed by atoms with Gasteiger partial charge in [-0.25, -0.2) is 0 Å². The number of hydrogen-bond donors (Lipinski definition) is 0. The Kier molecular flexibility index (Phi) is 4.83. The molecule has 1 amide bonds. The number of hydrogen-bond acceptors (Lipinski definition) is 5. The van der Waals surface area contributed by atoms with Crippen LogP contribution < -0.4 is 4.90 Å². The maximum absolute atomic E-state index is 12.7. The minimum Gasteiger partial charge on any atom is -0.368 e. The van der Waals surface area contributed by atoms with E-state index in [2.05, 4.69) is 43.1 Å². The molecule has 1 aliphatic carbocycles. The van der Waals surface area contributed by atoms with Gasteiger partial charge in [-0.15, -0.1) is 0 Å². The van der Waals surface area contributed by atoms with Crippen molar-refractivity contribution in [1.29, 1.82) is 0 Å². The first-order chi connectivity index (χ1) is 14.2. The zero-order valence-corrected chi connectivity index (χ0v) is 17.5. The van der Waals surface area contributed by atoms with Crippen LogP contribution in [-0.4, -0.2) is 47.1 Å². The topological polar surface area (TPSA) is 62.5 Å². The highest BCUT2D eigenvalue weighted by Gasteiger charge is 2.29. The molecule has 0 spiro atoms. The number of nitrogens with zero attached hydrogens (tertiary/aromatic N) is 4. The molecule has 148 valence electrons. The zero-order chi connectivity index (χ0) is 19.8. The number of anilines is 1. The second kappa shape index (κ2) is 7.63. The van der Waals surface area contributed by atoms with E-state index < -0.39 is 0 Å². The highest BCUT2D eigenvalue weighted by Crippen LogP contribution is 2.39. The average Bonchev–Trinajstić information content (AvgIpc) is 3.51. The number of halogens is 1. The lowest BCUT2D eigenvalue weighted by atomic mass is 10.1. The molecule has 6 nitrogen and oxygen atoms in total. The summed E-state index contributed by atoms with van der Waals surface area (Å²) < 4.78 is 6.33. The van der Waals surface area contributed by atoms with Crippen LogP contribution in [0.1, 0.15) is 35.0 Å². The van der Waals surface area contributed by atoms with Crippen LogP contribution in [0.3, 0.4) is 0 Å². The van der Waals surface area contributed by atoms with Gasteiger partial charge in [0.25, 0.3) is 5.91 Å². The van der Waals surface area contributed by atoms with Crippen molar-refractivity contribution in [2.45, 2.75) is 18.8 Å². The van der Waals surface area contributed by atoms with E-state index in [9.17, 15) is 4.79 Å². The van der Waals surface area contributed by atoms with E-state index >= 15 is 0 Å². The van der Waals surface area contributed by atoms with Crippen molar-refractivity contribution in [3.05, 3.63) is 64.5 Å². The Morgan fingerprint density at radius 2 is 1.66 bits per heavy atom. The first kappa shape index (κ1) is 18.4. The first-order valence-corrected chi connectivity index (χ1v) is 10.7. The Hall–Kier alpha value is -2.67. The normalized spacial score (nSPS) is 16.9. The van der Waals surface area contributed by atoms with Crippen LogP contribution in [0, 0.1) is 0 Å². The van der Waals surface area contributed by atoms with E-state index in [1.807, 2.05) is 41.3 Å². The number of benzene rings is 2. The zero-order valence-electron chi connectivity index (χ0n) is 15.9. The number of rotatable bonds is 4. The van der Waals surface area contributed by atoms with Crippen LogP contribution in [0.4, 0.5) is 5.69 Å². The average molecular weight is 453 g/mol. The molecule has 3 aromatic rings. The number of amides is 1. The number of carbonyl (C=O) groups excluding carboxylic acids is 1. The fraction of sp³-hybridized carbons (Fsp3) is 0.318. The second-order valence-electron chi connectivity index (χ2n) is 7.56. The summed E-state index contributed by atoms with van der Waals surface area (Å²) in [7, 11) is 0. The number of carbonyl (C=O) groups is 1. The summed E-state index contributed by atoms with van der Waals surface area (Å²) in [5, 5.41) is 4.11. The largest absolute Gasteiger partial charge is 0.368 e. The van der Waals surface area contributed by atoms with E-state index in [1.165, 1.54) is 0 Å². The predicted molar refractivity (Wildman–Crippen MR) is 114 cm³/mol. The van der Waals surface area contributed by atoms with Crippen molar-refractivity contribution < 1.29 is 9.32 Å². The van der Waals surface area contributed by atoms with Crippen LogP contribution in [0.2, 0.25) is 0 Å². The van der Waals surface area contributed by atoms with E-state index in [-0.39, 0.29) is 5.91 Å². The molecule has 2 fully saturated rings. The predicted octanol–water partition coefficient (Wildman–Crippen LogP) is 4.34. The van der Waals surface area contributed by atoms with Gasteiger partial charge in [-0.3, -0.25) is 4.79 Å². The smallest absolute Gasteiger partial charge is 0.253 e. The second-order valence-corrected chi connectivity index (χ2v) is 8.48. The Balaban J connectivity index is 1.21. The summed E-state index contributed by atoms with van der Waals surface area (Å²) in [4.78, 5) is 21.4. The van der Waals surface area contributed by atoms with Crippen molar-refractivity contribution in [1.82, 2.24) is 15.0 Å². The van der Waals surface area contributed by atoms with Crippen molar-refractivity contribution in [2.75, 3.05) is 31.1 Å². The number of piperazine rings is 1. The molecule has 1 saturated heterocycles. The molecule has 2 heterocycles. The molecule has 29 heavy (non-hydrogen) atoms. The van der Waals surface area contributed by atoms with Gasteiger partial charge in [0, 0.05) is 53.4 Å². The SMILES string of the molecule is O=C(c1ccc(Br)cc1)N1CCN(c2ccc(-c3noc(C4CC4)n3)cc2)CC1. The Bertz CT molecular complexity index is 1000. The van der Waals surface area contributed by atoms with Gasteiger partial charge in [-0.1, -0.05) is 21.1 Å². The summed E-state index contributed by atoms with van der Waals surface area (Å²) in [6, 6.07) is 15.8. The highest BCUT2D eigenvalue weighted by atomic mass is 79.9. The molecule has 0 N–H and O–H groups in total. The summed E-state index contributed by atoms with van der Waals surface area (Å²) in [6.07, 6.45) is 2.30. The Morgan fingerprint density at radius 3 is 2.31 bits per heavy atom. The van der Waals surface area contributed by atoms with Gasteiger partial charge < -0.3 is 14.3 Å². The van der Waals surface area contributed by atoms with Crippen LogP contribution >= 0.6 is 15.9 Å². The van der Waals surface area contributed by atoms with Crippen molar-refractivity contribution in [3.8, 4) is 11.4 Å². The molecule has 2 aromatic carbocycles. The van der Waals surface area contributed by atoms with Gasteiger partial charge in [-0.2, -0.15) is 4.98 Å². The Labute approximate surface area is 177 Å². The standard InChI is InChI=1S/C22H21BrN4O2/c23-18-7-3-17(4-8-18)22(28)27-13-11-26(12-14-27)19-9-5-15(6-10-19)20-24-21(29-25-20)16-1-2-16/h3-10,16H,1-2,11-14H2. The molecule has 0 atom stereocenters. The molecular weight excluding hydrogens is 432 g/mol. The van der Waals surface area contributed by atoms with Crippen molar-refractivity contribution >= 4 is 27.5 Å². The molecule has 1 saturated carbocycles. The molecule has 5 rings (SSSR count). The van der Waals surface area contributed by atoms with Gasteiger partial charge in [0.1, 0.15) is 0 Å². The van der Waals surface area contributed by atoms with Gasteiger partial charge in [0.2, 0.25) is 11.7 Å². The lowest BCUT2D eigenvalue weighted by molar-refractivity contribution is 0.0747. The van der Waals surface area contributed by atoms with E-state index in [0.717, 1.165) is 53.1 Å². The monoisotopic (exact) mass is 452 g/mol.